The molecule has 1 aromatic carbocycles. The maximum Gasteiger partial charge on any atom is 0.298 e. The lowest BCUT2D eigenvalue weighted by Crippen LogP contribution is -2.06. The number of rotatable bonds is 2. The highest BCUT2D eigenvalue weighted by atomic mass is 32.2. The summed E-state index contributed by atoms with van der Waals surface area (Å²) in [5, 5.41) is 0. The highest BCUT2D eigenvalue weighted by molar-refractivity contribution is 7.86. The Morgan fingerprint density at radius 2 is 1.93 bits per heavy atom. The zero-order valence-corrected chi connectivity index (χ0v) is 7.68. The highest BCUT2D eigenvalue weighted by Gasteiger charge is 2.22. The van der Waals surface area contributed by atoms with Crippen molar-refractivity contribution in [3.63, 3.8) is 0 Å². The SMILES string of the molecule is C=Cc1ccc(F)c(F)c1S(=O)(=O)O. The van der Waals surface area contributed by atoms with Gasteiger partial charge in [-0.3, -0.25) is 4.55 Å². The maximum atomic E-state index is 13.0. The van der Waals surface area contributed by atoms with Crippen LogP contribution in [0.4, 0.5) is 8.78 Å². The van der Waals surface area contributed by atoms with E-state index in [1.807, 2.05) is 0 Å². The zero-order valence-electron chi connectivity index (χ0n) is 6.87. The van der Waals surface area contributed by atoms with Gasteiger partial charge in [-0.15, -0.1) is 0 Å². The summed E-state index contributed by atoms with van der Waals surface area (Å²) in [5.74, 6) is -2.95. The van der Waals surface area contributed by atoms with Gasteiger partial charge in [0.15, 0.2) is 11.6 Å². The van der Waals surface area contributed by atoms with Crippen molar-refractivity contribution in [2.45, 2.75) is 4.90 Å². The Balaban J connectivity index is 3.69. The zero-order chi connectivity index (χ0) is 10.9. The smallest absolute Gasteiger partial charge is 0.282 e. The minimum absolute atomic E-state index is 0.189. The molecule has 0 saturated carbocycles. The standard InChI is InChI=1S/C8H6F2O3S/c1-2-5-3-4-6(9)7(10)8(5)14(11,12)13/h2-4H,1H2,(H,11,12,13). The lowest BCUT2D eigenvalue weighted by Gasteiger charge is -2.04. The van der Waals surface area contributed by atoms with Crippen molar-refractivity contribution in [3.05, 3.63) is 35.9 Å². The number of hydrogen-bond donors (Lipinski definition) is 1. The Bertz CT molecular complexity index is 480. The van der Waals surface area contributed by atoms with E-state index >= 15 is 0 Å². The topological polar surface area (TPSA) is 54.4 Å². The van der Waals surface area contributed by atoms with Crippen LogP contribution in [0.25, 0.3) is 6.08 Å². The monoisotopic (exact) mass is 220 g/mol. The summed E-state index contributed by atoms with van der Waals surface area (Å²) in [6, 6.07) is 1.76. The molecule has 0 saturated heterocycles. The summed E-state index contributed by atoms with van der Waals surface area (Å²) in [7, 11) is -4.78. The van der Waals surface area contributed by atoms with Gasteiger partial charge in [0, 0.05) is 0 Å². The van der Waals surface area contributed by atoms with Gasteiger partial charge in [0.25, 0.3) is 10.1 Å². The van der Waals surface area contributed by atoms with Crippen molar-refractivity contribution < 1.29 is 21.8 Å². The summed E-state index contributed by atoms with van der Waals surface area (Å²) in [4.78, 5) is -1.09. The van der Waals surface area contributed by atoms with Crippen LogP contribution in [0, 0.1) is 11.6 Å². The van der Waals surface area contributed by atoms with Crippen LogP contribution in [0.3, 0.4) is 0 Å². The molecule has 3 nitrogen and oxygen atoms in total. The molecule has 0 spiro atoms. The molecule has 6 heteroatoms. The van der Waals surface area contributed by atoms with E-state index in [9.17, 15) is 17.2 Å². The Morgan fingerprint density at radius 3 is 2.36 bits per heavy atom. The van der Waals surface area contributed by atoms with Crippen LogP contribution in [0.2, 0.25) is 0 Å². The third-order valence-corrected chi connectivity index (χ3v) is 2.49. The van der Waals surface area contributed by atoms with Gasteiger partial charge in [0.2, 0.25) is 0 Å². The average Bonchev–Trinajstić information content (AvgIpc) is 2.07. The first-order valence-corrected chi connectivity index (χ1v) is 4.90. The van der Waals surface area contributed by atoms with Gasteiger partial charge in [-0.25, -0.2) is 8.78 Å². The molecule has 0 fully saturated rings. The Labute approximate surface area is 79.4 Å². The molecule has 1 rings (SSSR count). The predicted octanol–water partition coefficient (Wildman–Crippen LogP) is 1.85. The fraction of sp³-hybridized carbons (Fsp3) is 0. The number of hydrogen-bond acceptors (Lipinski definition) is 2. The number of halogens is 2. The highest BCUT2D eigenvalue weighted by Crippen LogP contribution is 2.22. The Kier molecular flexibility index (Phi) is 2.68. The van der Waals surface area contributed by atoms with Crippen molar-refractivity contribution in [3.8, 4) is 0 Å². The van der Waals surface area contributed by atoms with Crippen molar-refractivity contribution in [1.82, 2.24) is 0 Å². The van der Waals surface area contributed by atoms with Crippen LogP contribution in [-0.2, 0) is 10.1 Å². The fourth-order valence-corrected chi connectivity index (χ4v) is 1.74. The van der Waals surface area contributed by atoms with Crippen molar-refractivity contribution in [2.75, 3.05) is 0 Å². The van der Waals surface area contributed by atoms with E-state index in [1.54, 1.807) is 0 Å². The molecule has 1 N–H and O–H groups in total. The van der Waals surface area contributed by atoms with E-state index < -0.39 is 26.6 Å². The average molecular weight is 220 g/mol. The molecule has 76 valence electrons. The van der Waals surface area contributed by atoms with Crippen LogP contribution in [0.1, 0.15) is 5.56 Å². The van der Waals surface area contributed by atoms with E-state index in [0.717, 1.165) is 18.2 Å². The molecule has 1 aromatic rings. The fourth-order valence-electron chi connectivity index (χ4n) is 0.970. The van der Waals surface area contributed by atoms with Crippen molar-refractivity contribution in [2.24, 2.45) is 0 Å². The van der Waals surface area contributed by atoms with Crippen LogP contribution < -0.4 is 0 Å². The van der Waals surface area contributed by atoms with E-state index in [-0.39, 0.29) is 5.56 Å². The minimum atomic E-state index is -4.78. The molecule has 0 aliphatic heterocycles. The Hall–Kier alpha value is -1.27. The summed E-state index contributed by atoms with van der Waals surface area (Å²) >= 11 is 0. The minimum Gasteiger partial charge on any atom is -0.282 e. The first-order valence-electron chi connectivity index (χ1n) is 3.46. The van der Waals surface area contributed by atoms with Crippen LogP contribution >= 0.6 is 0 Å². The van der Waals surface area contributed by atoms with Gasteiger partial charge < -0.3 is 0 Å². The summed E-state index contributed by atoms with van der Waals surface area (Å²) in [5.41, 5.74) is -0.189. The second-order valence-electron chi connectivity index (χ2n) is 2.46. The molecule has 0 aliphatic rings. The second kappa shape index (κ2) is 3.47. The predicted molar refractivity (Wildman–Crippen MR) is 46.3 cm³/mol. The Morgan fingerprint density at radius 1 is 1.36 bits per heavy atom. The molecule has 0 unspecified atom stereocenters. The molecule has 0 amide bonds. The third-order valence-electron chi connectivity index (χ3n) is 1.56. The van der Waals surface area contributed by atoms with Gasteiger partial charge in [0.05, 0.1) is 0 Å². The van der Waals surface area contributed by atoms with Gasteiger partial charge in [-0.05, 0) is 11.6 Å². The second-order valence-corrected chi connectivity index (χ2v) is 3.82. The first-order chi connectivity index (χ1) is 6.38. The van der Waals surface area contributed by atoms with Crippen LogP contribution in [-0.4, -0.2) is 13.0 Å². The molecular formula is C8H6F2O3S. The molecule has 14 heavy (non-hydrogen) atoms. The van der Waals surface area contributed by atoms with Gasteiger partial charge in [-0.2, -0.15) is 8.42 Å². The third kappa shape index (κ3) is 1.80. The van der Waals surface area contributed by atoms with Crippen molar-refractivity contribution in [1.29, 1.82) is 0 Å². The molecule has 0 aliphatic carbocycles. The quantitative estimate of drug-likeness (QED) is 0.774. The largest absolute Gasteiger partial charge is 0.298 e. The van der Waals surface area contributed by atoms with E-state index in [1.165, 1.54) is 0 Å². The molecule has 0 heterocycles. The maximum absolute atomic E-state index is 13.0. The molecule has 0 bridgehead atoms. The van der Waals surface area contributed by atoms with Gasteiger partial charge in [-0.1, -0.05) is 18.7 Å². The lowest BCUT2D eigenvalue weighted by molar-refractivity contribution is 0.453. The molecular weight excluding hydrogens is 214 g/mol. The van der Waals surface area contributed by atoms with E-state index in [2.05, 4.69) is 6.58 Å². The van der Waals surface area contributed by atoms with Crippen LogP contribution in [0.15, 0.2) is 23.6 Å². The first kappa shape index (κ1) is 10.8. The van der Waals surface area contributed by atoms with Gasteiger partial charge >= 0.3 is 0 Å². The van der Waals surface area contributed by atoms with Crippen LogP contribution in [0.5, 0.6) is 0 Å². The summed E-state index contributed by atoms with van der Waals surface area (Å²) in [6.45, 7) is 3.21. The summed E-state index contributed by atoms with van der Waals surface area (Å²) in [6.07, 6.45) is 1.01. The normalized spacial score (nSPS) is 11.4. The van der Waals surface area contributed by atoms with Gasteiger partial charge in [0.1, 0.15) is 4.90 Å². The lowest BCUT2D eigenvalue weighted by atomic mass is 10.2. The number of benzene rings is 1. The summed E-state index contributed by atoms with van der Waals surface area (Å²) < 4.78 is 55.6. The molecule has 0 radical (unpaired) electrons. The molecule has 0 aromatic heterocycles. The molecule has 0 atom stereocenters. The van der Waals surface area contributed by atoms with E-state index in [0.29, 0.717) is 0 Å². The van der Waals surface area contributed by atoms with E-state index in [4.69, 9.17) is 4.55 Å². The van der Waals surface area contributed by atoms with Crippen molar-refractivity contribution >= 4 is 16.2 Å².